The Kier molecular flexibility index (Phi) is 4.67. The molecule has 4 rings (SSSR count). The summed E-state index contributed by atoms with van der Waals surface area (Å²) in [5, 5.41) is 10.3. The van der Waals surface area contributed by atoms with Gasteiger partial charge in [-0.25, -0.2) is 9.97 Å². The zero-order valence-corrected chi connectivity index (χ0v) is 15.2. The fourth-order valence-electron chi connectivity index (χ4n) is 2.89. The number of carbonyl (C=O) groups excluding carboxylic acids is 1. The fraction of sp³-hybridized carbons (Fsp3) is 0.150. The van der Waals surface area contributed by atoms with Gasteiger partial charge in [-0.2, -0.15) is 5.10 Å². The summed E-state index contributed by atoms with van der Waals surface area (Å²) in [7, 11) is 0. The average molecular weight is 374 g/mol. The molecule has 0 unspecified atom stereocenters. The molecule has 0 saturated carbocycles. The smallest absolute Gasteiger partial charge is 0.261 e. The third kappa shape index (κ3) is 3.66. The van der Waals surface area contributed by atoms with E-state index in [1.54, 1.807) is 30.3 Å². The monoisotopic (exact) mass is 374 g/mol. The minimum atomic E-state index is -0.179. The summed E-state index contributed by atoms with van der Waals surface area (Å²) in [5.74, 6) is 1.17. The molecule has 0 atom stereocenters. The summed E-state index contributed by atoms with van der Waals surface area (Å²) >= 11 is 0. The average Bonchev–Trinajstić information content (AvgIpc) is 3.14. The Hall–Kier alpha value is -3.81. The van der Waals surface area contributed by atoms with E-state index < -0.39 is 0 Å². The highest BCUT2D eigenvalue weighted by atomic mass is 16.1. The fourth-order valence-corrected chi connectivity index (χ4v) is 2.89. The molecular weight excluding hydrogens is 356 g/mol. The Morgan fingerprint density at radius 1 is 1.14 bits per heavy atom. The molecule has 1 amide bonds. The lowest BCUT2D eigenvalue weighted by Gasteiger charge is -2.08. The van der Waals surface area contributed by atoms with Crippen molar-refractivity contribution in [2.24, 2.45) is 0 Å². The molecule has 2 heterocycles. The predicted octanol–water partition coefficient (Wildman–Crippen LogP) is 2.52. The first-order chi connectivity index (χ1) is 13.6. The highest BCUT2D eigenvalue weighted by Crippen LogP contribution is 2.18. The highest BCUT2D eigenvalue weighted by Gasteiger charge is 2.08. The van der Waals surface area contributed by atoms with Crippen LogP contribution in [0.2, 0.25) is 0 Å². The minimum absolute atomic E-state index is 0.149. The summed E-state index contributed by atoms with van der Waals surface area (Å²) < 4.78 is 1.45. The van der Waals surface area contributed by atoms with Crippen LogP contribution in [0, 0.1) is 6.92 Å². The van der Waals surface area contributed by atoms with Crippen molar-refractivity contribution in [3.8, 4) is 11.4 Å². The highest BCUT2D eigenvalue weighted by molar-refractivity contribution is 5.90. The largest absolute Gasteiger partial charge is 0.326 e. The van der Waals surface area contributed by atoms with Gasteiger partial charge in [0.25, 0.3) is 5.56 Å². The van der Waals surface area contributed by atoms with Gasteiger partial charge in [0.15, 0.2) is 5.82 Å². The molecule has 0 fully saturated rings. The molecule has 0 bridgehead atoms. The lowest BCUT2D eigenvalue weighted by Crippen LogP contribution is -2.23. The number of H-pyrrole nitrogens is 1. The van der Waals surface area contributed by atoms with Crippen LogP contribution in [0.3, 0.4) is 0 Å². The molecule has 28 heavy (non-hydrogen) atoms. The van der Waals surface area contributed by atoms with Crippen molar-refractivity contribution < 1.29 is 4.79 Å². The first-order valence-corrected chi connectivity index (χ1v) is 8.83. The van der Waals surface area contributed by atoms with Crippen LogP contribution in [-0.2, 0) is 11.3 Å². The van der Waals surface area contributed by atoms with Crippen LogP contribution in [-0.4, -0.2) is 30.6 Å². The third-order valence-corrected chi connectivity index (χ3v) is 4.34. The number of benzene rings is 2. The summed E-state index contributed by atoms with van der Waals surface area (Å²) in [6.07, 6.45) is 1.65. The lowest BCUT2D eigenvalue weighted by atomic mass is 10.2. The van der Waals surface area contributed by atoms with Crippen molar-refractivity contribution in [1.82, 2.24) is 24.7 Å². The predicted molar refractivity (Wildman–Crippen MR) is 106 cm³/mol. The van der Waals surface area contributed by atoms with Gasteiger partial charge in [0.2, 0.25) is 5.91 Å². The molecular formula is C20H18N6O2. The number of aryl methyl sites for hydroxylation is 2. The van der Waals surface area contributed by atoms with Gasteiger partial charge in [-0.3, -0.25) is 19.3 Å². The van der Waals surface area contributed by atoms with E-state index in [0.717, 1.165) is 11.4 Å². The molecule has 0 spiro atoms. The van der Waals surface area contributed by atoms with Crippen LogP contribution >= 0.6 is 0 Å². The zero-order valence-electron chi connectivity index (χ0n) is 15.2. The van der Waals surface area contributed by atoms with Gasteiger partial charge in [-0.15, -0.1) is 0 Å². The van der Waals surface area contributed by atoms with Gasteiger partial charge in [0.05, 0.1) is 17.2 Å². The number of hydrogen-bond acceptors (Lipinski definition) is 5. The number of nitrogens with one attached hydrogen (secondary N) is 2. The number of nitrogens with zero attached hydrogens (tertiary/aromatic N) is 4. The number of rotatable bonds is 5. The summed E-state index contributed by atoms with van der Waals surface area (Å²) in [5.41, 5.74) is 2.03. The molecule has 4 aromatic rings. The first kappa shape index (κ1) is 17.6. The molecule has 8 nitrogen and oxygen atoms in total. The maximum atomic E-state index is 12.5. The van der Waals surface area contributed by atoms with E-state index in [4.69, 9.17) is 0 Å². The molecule has 2 aromatic heterocycles. The molecule has 0 aliphatic rings. The third-order valence-electron chi connectivity index (χ3n) is 4.34. The number of amides is 1. The van der Waals surface area contributed by atoms with Crippen molar-refractivity contribution >= 4 is 22.5 Å². The van der Waals surface area contributed by atoms with Crippen molar-refractivity contribution in [2.75, 3.05) is 5.32 Å². The number of fused-ring (bicyclic) bond motifs is 1. The molecule has 8 heteroatoms. The maximum absolute atomic E-state index is 12.5. The maximum Gasteiger partial charge on any atom is 0.261 e. The second kappa shape index (κ2) is 7.43. The van der Waals surface area contributed by atoms with Crippen LogP contribution in [0.15, 0.2) is 59.7 Å². The second-order valence-electron chi connectivity index (χ2n) is 6.38. The van der Waals surface area contributed by atoms with Gasteiger partial charge in [-0.1, -0.05) is 12.1 Å². The Morgan fingerprint density at radius 3 is 2.68 bits per heavy atom. The van der Waals surface area contributed by atoms with Gasteiger partial charge in [-0.05, 0) is 43.3 Å². The van der Waals surface area contributed by atoms with E-state index in [-0.39, 0.29) is 24.4 Å². The van der Waals surface area contributed by atoms with E-state index in [9.17, 15) is 9.59 Å². The van der Waals surface area contributed by atoms with Crippen LogP contribution in [0.25, 0.3) is 22.3 Å². The quantitative estimate of drug-likeness (QED) is 0.558. The second-order valence-corrected chi connectivity index (χ2v) is 6.38. The number of hydrogen-bond donors (Lipinski definition) is 2. The molecule has 2 N–H and O–H groups in total. The van der Waals surface area contributed by atoms with Gasteiger partial charge >= 0.3 is 0 Å². The Morgan fingerprint density at radius 2 is 1.93 bits per heavy atom. The molecule has 0 radical (unpaired) electrons. The molecule has 0 saturated heterocycles. The Bertz CT molecular complexity index is 1190. The van der Waals surface area contributed by atoms with E-state index in [1.165, 1.54) is 10.9 Å². The molecule has 0 aliphatic heterocycles. The van der Waals surface area contributed by atoms with E-state index in [2.05, 4.69) is 25.5 Å². The normalized spacial score (nSPS) is 10.9. The van der Waals surface area contributed by atoms with Crippen LogP contribution in [0.4, 0.5) is 5.69 Å². The number of para-hydroxylation sites is 1. The van der Waals surface area contributed by atoms with Crippen LogP contribution < -0.4 is 10.9 Å². The molecule has 2 aromatic carbocycles. The van der Waals surface area contributed by atoms with E-state index in [1.807, 2.05) is 25.1 Å². The van der Waals surface area contributed by atoms with E-state index >= 15 is 0 Å². The molecule has 140 valence electrons. The van der Waals surface area contributed by atoms with Gasteiger partial charge in [0.1, 0.15) is 5.82 Å². The zero-order chi connectivity index (χ0) is 19.5. The van der Waals surface area contributed by atoms with Gasteiger partial charge < -0.3 is 5.32 Å². The summed E-state index contributed by atoms with van der Waals surface area (Å²) in [6, 6.07) is 14.4. The Labute approximate surface area is 160 Å². The standard InChI is InChI=1S/C20H18N6O2/c1-13-22-19(25-24-13)14-6-8-15(9-7-14)23-18(27)10-11-26-12-21-17-5-3-2-4-16(17)20(26)28/h2-9,12H,10-11H2,1H3,(H,23,27)(H,22,24,25). The number of anilines is 1. The van der Waals surface area contributed by atoms with Crippen molar-refractivity contribution in [3.63, 3.8) is 0 Å². The molecule has 0 aliphatic carbocycles. The van der Waals surface area contributed by atoms with Crippen molar-refractivity contribution in [2.45, 2.75) is 19.9 Å². The van der Waals surface area contributed by atoms with Gasteiger partial charge in [0, 0.05) is 24.2 Å². The lowest BCUT2D eigenvalue weighted by molar-refractivity contribution is -0.116. The first-order valence-electron chi connectivity index (χ1n) is 8.83. The SMILES string of the molecule is Cc1nc(-c2ccc(NC(=O)CCn3cnc4ccccc4c3=O)cc2)n[nH]1. The van der Waals surface area contributed by atoms with Crippen LogP contribution in [0.1, 0.15) is 12.2 Å². The Balaban J connectivity index is 1.39. The summed E-state index contributed by atoms with van der Waals surface area (Å²) in [4.78, 5) is 33.2. The summed E-state index contributed by atoms with van der Waals surface area (Å²) in [6.45, 7) is 2.10. The number of aromatic nitrogens is 5. The number of carbonyl (C=O) groups is 1. The topological polar surface area (TPSA) is 106 Å². The minimum Gasteiger partial charge on any atom is -0.326 e. The van der Waals surface area contributed by atoms with E-state index in [0.29, 0.717) is 22.4 Å². The van der Waals surface area contributed by atoms with Crippen molar-refractivity contribution in [3.05, 3.63) is 71.0 Å². The van der Waals surface area contributed by atoms with Crippen molar-refractivity contribution in [1.29, 1.82) is 0 Å². The number of aromatic amines is 1. The van der Waals surface area contributed by atoms with Crippen LogP contribution in [0.5, 0.6) is 0 Å².